The molecule has 42 heavy (non-hydrogen) atoms. The SMILES string of the molecule is CNC(=O)/C(N)=C(/C=C(\N)NC(=O)C1CC1)Nc1cccc(C2=CC=C(C(=O)N(C)Cc3cccnc3)NC2)c1OC. The molecule has 1 fully saturated rings. The van der Waals surface area contributed by atoms with Crippen LogP contribution in [0.4, 0.5) is 5.69 Å². The summed E-state index contributed by atoms with van der Waals surface area (Å²) in [5.74, 6) is -0.360. The minimum absolute atomic E-state index is 0.0470. The second kappa shape index (κ2) is 13.4. The van der Waals surface area contributed by atoms with Crippen LogP contribution in [0.2, 0.25) is 0 Å². The summed E-state index contributed by atoms with van der Waals surface area (Å²) in [6.45, 7) is 0.809. The Bertz CT molecular complexity index is 1480. The number of allylic oxidation sites excluding steroid dienone is 3. The molecule has 1 saturated carbocycles. The molecule has 3 amide bonds. The van der Waals surface area contributed by atoms with Gasteiger partial charge in [0, 0.05) is 57.1 Å². The lowest BCUT2D eigenvalue weighted by Gasteiger charge is -2.24. The van der Waals surface area contributed by atoms with Gasteiger partial charge in [-0.2, -0.15) is 0 Å². The Morgan fingerprint density at radius 1 is 1.17 bits per heavy atom. The monoisotopic (exact) mass is 572 g/mol. The standard InChI is InChI=1S/C30H36N8O4/c1-33-29(40)26(32)24(14-25(31)37-28(39)19-9-10-19)36-22-8-4-7-21(27(22)42-3)20-11-12-23(35-16-20)30(41)38(2)17-18-6-5-13-34-15-18/h4-8,11-15,19,35-36H,9-10,16-17,31-32H2,1-3H3,(H,33,40)(H,37,39)/b25-14+,26-24+. The summed E-state index contributed by atoms with van der Waals surface area (Å²) < 4.78 is 5.77. The Balaban J connectivity index is 1.57. The number of para-hydroxylation sites is 1. The van der Waals surface area contributed by atoms with Gasteiger partial charge >= 0.3 is 0 Å². The number of ether oxygens (including phenoxy) is 1. The molecule has 0 bridgehead atoms. The Morgan fingerprint density at radius 3 is 2.57 bits per heavy atom. The highest BCUT2D eigenvalue weighted by atomic mass is 16.5. The van der Waals surface area contributed by atoms with Crippen molar-refractivity contribution in [1.82, 2.24) is 25.8 Å². The lowest BCUT2D eigenvalue weighted by molar-refractivity contribution is -0.126. The molecule has 1 aromatic heterocycles. The largest absolute Gasteiger partial charge is 0.494 e. The Morgan fingerprint density at radius 2 is 1.95 bits per heavy atom. The van der Waals surface area contributed by atoms with Gasteiger partial charge in [-0.25, -0.2) is 0 Å². The predicted octanol–water partition coefficient (Wildman–Crippen LogP) is 1.27. The lowest BCUT2D eigenvalue weighted by Crippen LogP contribution is -2.35. The fraction of sp³-hybridized carbons (Fsp3) is 0.267. The second-order valence-corrected chi connectivity index (χ2v) is 9.93. The maximum atomic E-state index is 13.0. The number of carbonyl (C=O) groups is 3. The van der Waals surface area contributed by atoms with Crippen LogP contribution in [-0.2, 0) is 20.9 Å². The molecule has 2 heterocycles. The number of dihydropyridines is 1. The van der Waals surface area contributed by atoms with E-state index in [4.69, 9.17) is 16.2 Å². The molecule has 12 nitrogen and oxygen atoms in total. The van der Waals surface area contributed by atoms with E-state index in [1.807, 2.05) is 30.3 Å². The molecule has 2 aromatic rings. The first kappa shape index (κ1) is 29.7. The van der Waals surface area contributed by atoms with Crippen LogP contribution in [0.3, 0.4) is 0 Å². The number of nitrogens with two attached hydrogens (primary N) is 2. The van der Waals surface area contributed by atoms with Gasteiger partial charge in [0.2, 0.25) is 5.91 Å². The number of amides is 3. The first-order valence-electron chi connectivity index (χ1n) is 13.4. The number of likely N-dealkylation sites (N-methyl/N-ethyl adjacent to an activating group) is 2. The van der Waals surface area contributed by atoms with Gasteiger partial charge in [-0.1, -0.05) is 24.3 Å². The van der Waals surface area contributed by atoms with E-state index in [-0.39, 0.29) is 34.9 Å². The van der Waals surface area contributed by atoms with E-state index >= 15 is 0 Å². The molecule has 1 aliphatic carbocycles. The number of rotatable bonds is 11. The third-order valence-electron chi connectivity index (χ3n) is 6.75. The van der Waals surface area contributed by atoms with Crippen LogP contribution in [0.25, 0.3) is 5.57 Å². The van der Waals surface area contributed by atoms with Crippen molar-refractivity contribution < 1.29 is 19.1 Å². The Hall–Kier alpha value is -5.26. The average Bonchev–Trinajstić information content (AvgIpc) is 3.86. The van der Waals surface area contributed by atoms with Gasteiger partial charge in [0.15, 0.2) is 0 Å². The number of nitrogens with one attached hydrogen (secondary N) is 4. The van der Waals surface area contributed by atoms with Crippen molar-refractivity contribution >= 4 is 29.0 Å². The van der Waals surface area contributed by atoms with Crippen LogP contribution in [0.5, 0.6) is 5.75 Å². The van der Waals surface area contributed by atoms with Gasteiger partial charge in [0.1, 0.15) is 23.0 Å². The summed E-state index contributed by atoms with van der Waals surface area (Å²) in [5, 5.41) is 11.5. The number of methoxy groups -OCH3 is 1. The van der Waals surface area contributed by atoms with Crippen LogP contribution < -0.4 is 37.5 Å². The molecule has 8 N–H and O–H groups in total. The molecule has 1 aromatic carbocycles. The maximum Gasteiger partial charge on any atom is 0.269 e. The van der Waals surface area contributed by atoms with Crippen molar-refractivity contribution in [3.05, 3.63) is 95.0 Å². The number of carbonyl (C=O) groups excluding carboxylic acids is 3. The van der Waals surface area contributed by atoms with Crippen molar-refractivity contribution in [2.75, 3.05) is 33.1 Å². The highest BCUT2D eigenvalue weighted by molar-refractivity contribution is 5.95. The van der Waals surface area contributed by atoms with Crippen molar-refractivity contribution in [2.45, 2.75) is 19.4 Å². The summed E-state index contributed by atoms with van der Waals surface area (Å²) in [5.41, 5.74) is 15.8. The van der Waals surface area contributed by atoms with E-state index in [2.05, 4.69) is 26.3 Å². The van der Waals surface area contributed by atoms with Crippen molar-refractivity contribution in [1.29, 1.82) is 0 Å². The average molecular weight is 573 g/mol. The number of anilines is 1. The Kier molecular flexibility index (Phi) is 9.48. The van der Waals surface area contributed by atoms with Gasteiger partial charge in [0.05, 0.1) is 18.5 Å². The van der Waals surface area contributed by atoms with Crippen LogP contribution in [-0.4, -0.2) is 55.4 Å². The topological polar surface area (TPSA) is 177 Å². The first-order valence-corrected chi connectivity index (χ1v) is 13.4. The smallest absolute Gasteiger partial charge is 0.269 e. The van der Waals surface area contributed by atoms with Crippen molar-refractivity contribution in [3.8, 4) is 5.75 Å². The predicted molar refractivity (Wildman–Crippen MR) is 160 cm³/mol. The molecule has 0 unspecified atom stereocenters. The zero-order chi connectivity index (χ0) is 30.2. The molecule has 12 heteroatoms. The van der Waals surface area contributed by atoms with Gasteiger partial charge in [-0.15, -0.1) is 0 Å². The molecule has 1 aliphatic heterocycles. The minimum atomic E-state index is -0.528. The van der Waals surface area contributed by atoms with E-state index in [1.54, 1.807) is 36.5 Å². The van der Waals surface area contributed by atoms with E-state index in [0.29, 0.717) is 30.2 Å². The van der Waals surface area contributed by atoms with Crippen LogP contribution in [0.15, 0.2) is 83.9 Å². The highest BCUT2D eigenvalue weighted by Gasteiger charge is 2.30. The number of pyridine rings is 1. The highest BCUT2D eigenvalue weighted by Crippen LogP contribution is 2.35. The molecular formula is C30H36N8O4. The van der Waals surface area contributed by atoms with Gasteiger partial charge in [0.25, 0.3) is 11.8 Å². The zero-order valence-electron chi connectivity index (χ0n) is 23.9. The molecule has 2 aliphatic rings. The quantitative estimate of drug-likeness (QED) is 0.171. The summed E-state index contributed by atoms with van der Waals surface area (Å²) in [4.78, 5) is 43.3. The normalized spacial score (nSPS) is 15.3. The number of aromatic nitrogens is 1. The van der Waals surface area contributed by atoms with Crippen molar-refractivity contribution in [3.63, 3.8) is 0 Å². The molecule has 0 spiro atoms. The van der Waals surface area contributed by atoms with Gasteiger partial charge in [-0.05, 0) is 42.2 Å². The van der Waals surface area contributed by atoms with Gasteiger partial charge in [-0.3, -0.25) is 19.4 Å². The first-order chi connectivity index (χ1) is 20.2. The Labute approximate surface area is 244 Å². The van der Waals surface area contributed by atoms with Crippen LogP contribution in [0, 0.1) is 5.92 Å². The summed E-state index contributed by atoms with van der Waals surface area (Å²) >= 11 is 0. The third kappa shape index (κ3) is 7.27. The second-order valence-electron chi connectivity index (χ2n) is 9.93. The van der Waals surface area contributed by atoms with Crippen molar-refractivity contribution in [2.24, 2.45) is 17.4 Å². The number of benzene rings is 1. The minimum Gasteiger partial charge on any atom is -0.494 e. The van der Waals surface area contributed by atoms with Crippen LogP contribution in [0.1, 0.15) is 24.0 Å². The zero-order valence-corrected chi connectivity index (χ0v) is 23.9. The van der Waals surface area contributed by atoms with Gasteiger partial charge < -0.3 is 42.4 Å². The van der Waals surface area contributed by atoms with E-state index in [1.165, 1.54) is 20.2 Å². The number of hydrogen-bond acceptors (Lipinski definition) is 9. The maximum absolute atomic E-state index is 13.0. The van der Waals surface area contributed by atoms with E-state index < -0.39 is 5.91 Å². The van der Waals surface area contributed by atoms with E-state index in [9.17, 15) is 14.4 Å². The lowest BCUT2D eigenvalue weighted by atomic mass is 10.0. The number of hydrogen-bond donors (Lipinski definition) is 6. The molecule has 0 saturated heterocycles. The number of nitrogens with zero attached hydrogens (tertiary/aromatic N) is 2. The van der Waals surface area contributed by atoms with Crippen LogP contribution >= 0.6 is 0 Å². The molecule has 0 atom stereocenters. The molecule has 0 radical (unpaired) electrons. The summed E-state index contributed by atoms with van der Waals surface area (Å²) in [7, 11) is 4.73. The summed E-state index contributed by atoms with van der Waals surface area (Å²) in [6, 6.07) is 9.23. The fourth-order valence-corrected chi connectivity index (χ4v) is 4.34. The molecule has 4 rings (SSSR count). The third-order valence-corrected chi connectivity index (χ3v) is 6.75. The molecule has 220 valence electrons. The summed E-state index contributed by atoms with van der Waals surface area (Å²) in [6.07, 6.45) is 10.1. The van der Waals surface area contributed by atoms with E-state index in [0.717, 1.165) is 29.5 Å². The fourth-order valence-electron chi connectivity index (χ4n) is 4.34. The molecular weight excluding hydrogens is 536 g/mol.